The first-order valence-electron chi connectivity index (χ1n) is 8.72. The van der Waals surface area contributed by atoms with Crippen molar-refractivity contribution in [1.29, 1.82) is 5.26 Å². The number of rotatable bonds is 2. The summed E-state index contributed by atoms with van der Waals surface area (Å²) in [5.74, 6) is 0.448. The van der Waals surface area contributed by atoms with Gasteiger partial charge < -0.3 is 9.64 Å². The lowest BCUT2D eigenvalue weighted by Crippen LogP contribution is -2.32. The Kier molecular flexibility index (Phi) is 4.54. The van der Waals surface area contributed by atoms with Gasteiger partial charge in [-0.3, -0.25) is 4.79 Å². The average Bonchev–Trinajstić information content (AvgIpc) is 2.96. The summed E-state index contributed by atoms with van der Waals surface area (Å²) < 4.78 is 5.81. The minimum atomic E-state index is -0.119. The van der Waals surface area contributed by atoms with E-state index in [1.54, 1.807) is 35.4 Å². The maximum Gasteiger partial charge on any atom is 0.254 e. The van der Waals surface area contributed by atoms with Gasteiger partial charge in [0.15, 0.2) is 0 Å². The largest absolute Gasteiger partial charge is 0.476 e. The normalized spacial score (nSPS) is 13.1. The summed E-state index contributed by atoms with van der Waals surface area (Å²) in [5.41, 5.74) is 3.93. The highest BCUT2D eigenvalue weighted by atomic mass is 16.5. The molecule has 5 nitrogen and oxygen atoms in total. The predicted octanol–water partition coefficient (Wildman–Crippen LogP) is 3.66. The van der Waals surface area contributed by atoms with Crippen molar-refractivity contribution in [3.8, 4) is 23.1 Å². The van der Waals surface area contributed by atoms with Gasteiger partial charge in [-0.1, -0.05) is 36.4 Å². The lowest BCUT2D eigenvalue weighted by atomic mass is 10.0. The number of amides is 1. The second kappa shape index (κ2) is 7.30. The molecule has 5 heteroatoms. The molecule has 0 atom stereocenters. The molecule has 0 N–H and O–H groups in total. The van der Waals surface area contributed by atoms with Crippen LogP contribution in [0.2, 0.25) is 0 Å². The summed E-state index contributed by atoms with van der Waals surface area (Å²) >= 11 is 0. The summed E-state index contributed by atoms with van der Waals surface area (Å²) in [6.07, 6.45) is 1.73. The van der Waals surface area contributed by atoms with Crippen LogP contribution in [0.5, 0.6) is 5.88 Å². The number of aromatic nitrogens is 1. The molecular formula is C22H17N3O2. The fraction of sp³-hybridized carbons (Fsp3) is 0.136. The summed E-state index contributed by atoms with van der Waals surface area (Å²) in [4.78, 5) is 19.1. The lowest BCUT2D eigenvalue weighted by Gasteiger charge is -2.21. The highest BCUT2D eigenvalue weighted by Crippen LogP contribution is 2.32. The Bertz CT molecular complexity index is 1030. The molecule has 0 unspecified atom stereocenters. The standard InChI is InChI=1S/C22H17N3O2/c23-14-16-5-4-8-18(13-16)22(26)25-11-12-27-21-20(15-25)19(9-10-24-21)17-6-2-1-3-7-17/h1-10,13H,11-12,15H2. The molecule has 0 saturated carbocycles. The van der Waals surface area contributed by atoms with Gasteiger partial charge in [0.05, 0.1) is 24.7 Å². The number of ether oxygens (including phenoxy) is 1. The Balaban J connectivity index is 1.70. The molecule has 2 heterocycles. The summed E-state index contributed by atoms with van der Waals surface area (Å²) in [6, 6.07) is 20.8. The minimum Gasteiger partial charge on any atom is -0.476 e. The molecule has 0 spiro atoms. The molecule has 0 aliphatic carbocycles. The Morgan fingerprint density at radius 2 is 1.96 bits per heavy atom. The maximum atomic E-state index is 13.0. The van der Waals surface area contributed by atoms with Crippen molar-refractivity contribution in [1.82, 2.24) is 9.88 Å². The number of carbonyl (C=O) groups is 1. The van der Waals surface area contributed by atoms with Crippen LogP contribution in [-0.4, -0.2) is 28.9 Å². The number of carbonyl (C=O) groups excluding carboxylic acids is 1. The first kappa shape index (κ1) is 16.8. The Morgan fingerprint density at radius 3 is 2.78 bits per heavy atom. The van der Waals surface area contributed by atoms with Gasteiger partial charge in [-0.15, -0.1) is 0 Å². The van der Waals surface area contributed by atoms with E-state index < -0.39 is 0 Å². The summed E-state index contributed by atoms with van der Waals surface area (Å²) in [5, 5.41) is 9.09. The van der Waals surface area contributed by atoms with Crippen LogP contribution in [0.4, 0.5) is 0 Å². The first-order valence-corrected chi connectivity index (χ1v) is 8.72. The Hall–Kier alpha value is -3.65. The van der Waals surface area contributed by atoms with Crippen LogP contribution in [0.3, 0.4) is 0 Å². The summed E-state index contributed by atoms with van der Waals surface area (Å²) in [7, 11) is 0. The van der Waals surface area contributed by atoms with Crippen molar-refractivity contribution in [2.75, 3.05) is 13.2 Å². The molecular weight excluding hydrogens is 338 g/mol. The highest BCUT2D eigenvalue weighted by Gasteiger charge is 2.24. The van der Waals surface area contributed by atoms with E-state index in [0.717, 1.165) is 16.7 Å². The molecule has 1 aliphatic rings. The summed E-state index contributed by atoms with van der Waals surface area (Å²) in [6.45, 7) is 1.24. The fourth-order valence-electron chi connectivity index (χ4n) is 3.24. The van der Waals surface area contributed by atoms with Crippen LogP contribution in [0.25, 0.3) is 11.1 Å². The second-order valence-corrected chi connectivity index (χ2v) is 6.28. The fourth-order valence-corrected chi connectivity index (χ4v) is 3.24. The van der Waals surface area contributed by atoms with Crippen molar-refractivity contribution < 1.29 is 9.53 Å². The maximum absolute atomic E-state index is 13.0. The number of hydrogen-bond acceptors (Lipinski definition) is 4. The van der Waals surface area contributed by atoms with E-state index in [-0.39, 0.29) is 5.91 Å². The van der Waals surface area contributed by atoms with E-state index in [2.05, 4.69) is 11.1 Å². The van der Waals surface area contributed by atoms with Gasteiger partial charge in [0.2, 0.25) is 5.88 Å². The second-order valence-electron chi connectivity index (χ2n) is 6.28. The average molecular weight is 355 g/mol. The molecule has 0 bridgehead atoms. The molecule has 1 aliphatic heterocycles. The molecule has 2 aromatic carbocycles. The third-order valence-corrected chi connectivity index (χ3v) is 4.58. The number of fused-ring (bicyclic) bond motifs is 1. The van der Waals surface area contributed by atoms with E-state index in [4.69, 9.17) is 10.00 Å². The highest BCUT2D eigenvalue weighted by molar-refractivity contribution is 5.94. The molecule has 3 aromatic rings. The molecule has 0 radical (unpaired) electrons. The first-order chi connectivity index (χ1) is 13.3. The molecule has 0 fully saturated rings. The monoisotopic (exact) mass is 355 g/mol. The predicted molar refractivity (Wildman–Crippen MR) is 101 cm³/mol. The molecule has 0 saturated heterocycles. The number of hydrogen-bond donors (Lipinski definition) is 0. The molecule has 27 heavy (non-hydrogen) atoms. The molecule has 4 rings (SSSR count). The van der Waals surface area contributed by atoms with Crippen molar-refractivity contribution in [2.45, 2.75) is 6.54 Å². The number of nitriles is 1. The van der Waals surface area contributed by atoms with E-state index >= 15 is 0 Å². The van der Waals surface area contributed by atoms with Gasteiger partial charge in [0, 0.05) is 17.3 Å². The lowest BCUT2D eigenvalue weighted by molar-refractivity contribution is 0.0733. The van der Waals surface area contributed by atoms with Gasteiger partial charge in [-0.2, -0.15) is 5.26 Å². The van der Waals surface area contributed by atoms with Crippen molar-refractivity contribution in [2.24, 2.45) is 0 Å². The zero-order valence-corrected chi connectivity index (χ0v) is 14.6. The molecule has 132 valence electrons. The third-order valence-electron chi connectivity index (χ3n) is 4.58. The van der Waals surface area contributed by atoms with Gasteiger partial charge in [0.1, 0.15) is 6.61 Å². The van der Waals surface area contributed by atoms with Crippen molar-refractivity contribution >= 4 is 5.91 Å². The van der Waals surface area contributed by atoms with Crippen LogP contribution in [0.1, 0.15) is 21.5 Å². The van der Waals surface area contributed by atoms with E-state index in [1.165, 1.54) is 0 Å². The minimum absolute atomic E-state index is 0.119. The van der Waals surface area contributed by atoms with Gasteiger partial charge in [0.25, 0.3) is 5.91 Å². The third kappa shape index (κ3) is 3.38. The van der Waals surface area contributed by atoms with Crippen LogP contribution in [0, 0.1) is 11.3 Å². The quantitative estimate of drug-likeness (QED) is 0.704. The Morgan fingerprint density at radius 1 is 1.11 bits per heavy atom. The molecule has 1 aromatic heterocycles. The van der Waals surface area contributed by atoms with Crippen LogP contribution in [-0.2, 0) is 6.54 Å². The zero-order chi connectivity index (χ0) is 18.6. The van der Waals surface area contributed by atoms with Gasteiger partial charge in [-0.05, 0) is 35.4 Å². The number of benzene rings is 2. The van der Waals surface area contributed by atoms with Crippen LogP contribution < -0.4 is 4.74 Å². The van der Waals surface area contributed by atoms with Gasteiger partial charge >= 0.3 is 0 Å². The van der Waals surface area contributed by atoms with Crippen molar-refractivity contribution in [3.63, 3.8) is 0 Å². The SMILES string of the molecule is N#Cc1cccc(C(=O)N2CCOc3nccc(-c4ccccc4)c3C2)c1. The Labute approximate surface area is 157 Å². The van der Waals surface area contributed by atoms with E-state index in [9.17, 15) is 4.79 Å². The van der Waals surface area contributed by atoms with Crippen LogP contribution >= 0.6 is 0 Å². The smallest absolute Gasteiger partial charge is 0.254 e. The van der Waals surface area contributed by atoms with Gasteiger partial charge in [-0.25, -0.2) is 4.98 Å². The number of pyridine rings is 1. The van der Waals surface area contributed by atoms with E-state index in [1.807, 2.05) is 36.4 Å². The van der Waals surface area contributed by atoms with Crippen molar-refractivity contribution in [3.05, 3.63) is 83.6 Å². The molecule has 1 amide bonds. The zero-order valence-electron chi connectivity index (χ0n) is 14.6. The van der Waals surface area contributed by atoms with E-state index in [0.29, 0.717) is 36.7 Å². The number of nitrogens with zero attached hydrogens (tertiary/aromatic N) is 3. The van der Waals surface area contributed by atoms with Crippen LogP contribution in [0.15, 0.2) is 66.9 Å². The topological polar surface area (TPSA) is 66.2 Å².